The third kappa shape index (κ3) is 5.53. The number of hydrogen-bond donors (Lipinski definition) is 2. The van der Waals surface area contributed by atoms with Crippen LogP contribution in [0.1, 0.15) is 18.1 Å². The number of nitrogens with two attached hydrogens (primary N) is 1. The molecule has 6 nitrogen and oxygen atoms in total. The molecule has 0 fully saturated rings. The Kier molecular flexibility index (Phi) is 5.75. The minimum absolute atomic E-state index is 0.0508. The molecule has 0 aromatic heterocycles. The molecule has 2 rings (SSSR count). The predicted octanol–water partition coefficient (Wildman–Crippen LogP) is 4.03. The molecule has 0 bridgehead atoms. The number of hydrogen-bond acceptors (Lipinski definition) is 5. The van der Waals surface area contributed by atoms with Crippen LogP contribution in [-0.2, 0) is 27.3 Å². The molecule has 1 amide bonds. The van der Waals surface area contributed by atoms with Gasteiger partial charge in [-0.2, -0.15) is 34.8 Å². The summed E-state index contributed by atoms with van der Waals surface area (Å²) in [5, 5.41) is 2.30. The maximum absolute atomic E-state index is 12.9. The highest BCUT2D eigenvalue weighted by Gasteiger charge is 2.37. The third-order valence-corrected chi connectivity index (χ3v) is 4.63. The molecule has 0 aliphatic rings. The number of alkyl halides is 6. The van der Waals surface area contributed by atoms with E-state index in [-0.39, 0.29) is 29.6 Å². The van der Waals surface area contributed by atoms with Crippen molar-refractivity contribution >= 4 is 27.4 Å². The highest BCUT2D eigenvalue weighted by molar-refractivity contribution is 7.87. The molecule has 3 N–H and O–H groups in total. The van der Waals surface area contributed by atoms with Crippen molar-refractivity contribution in [2.75, 3.05) is 11.1 Å². The predicted molar refractivity (Wildman–Crippen MR) is 89.4 cm³/mol. The van der Waals surface area contributed by atoms with Gasteiger partial charge in [-0.15, -0.1) is 0 Å². The molecule has 0 aliphatic carbocycles. The van der Waals surface area contributed by atoms with Crippen molar-refractivity contribution in [3.05, 3.63) is 47.5 Å². The number of amides is 1. The minimum atomic E-state index is -5.17. The maximum Gasteiger partial charge on any atom is 0.416 e. The summed E-state index contributed by atoms with van der Waals surface area (Å²) >= 11 is 0. The molecule has 0 atom stereocenters. The van der Waals surface area contributed by atoms with Crippen molar-refractivity contribution in [1.29, 1.82) is 0 Å². The van der Waals surface area contributed by atoms with Crippen molar-refractivity contribution in [3.63, 3.8) is 0 Å². The van der Waals surface area contributed by atoms with Gasteiger partial charge >= 0.3 is 22.5 Å². The zero-order valence-corrected chi connectivity index (χ0v) is 15.2. The third-order valence-electron chi connectivity index (χ3n) is 3.39. The monoisotopic (exact) mass is 442 g/mol. The summed E-state index contributed by atoms with van der Waals surface area (Å²) in [5.74, 6) is -1.69. The molecule has 158 valence electrons. The van der Waals surface area contributed by atoms with Crippen LogP contribution in [-0.4, -0.2) is 14.3 Å². The lowest BCUT2D eigenvalue weighted by atomic mass is 10.1. The van der Waals surface area contributed by atoms with E-state index in [0.29, 0.717) is 0 Å². The van der Waals surface area contributed by atoms with Gasteiger partial charge in [0.15, 0.2) is 0 Å². The summed E-state index contributed by atoms with van der Waals surface area (Å²) in [6, 6.07) is 2.91. The van der Waals surface area contributed by atoms with Crippen molar-refractivity contribution in [2.45, 2.75) is 24.2 Å². The molecule has 0 saturated carbocycles. The van der Waals surface area contributed by atoms with E-state index in [1.54, 1.807) is 0 Å². The Labute approximate surface area is 160 Å². The summed E-state index contributed by atoms with van der Waals surface area (Å²) in [5.41, 5.74) is 1.95. The Hall–Kier alpha value is -2.96. The van der Waals surface area contributed by atoms with Gasteiger partial charge in [0, 0.05) is 6.92 Å². The van der Waals surface area contributed by atoms with E-state index in [9.17, 15) is 39.6 Å². The van der Waals surface area contributed by atoms with Gasteiger partial charge in [-0.25, -0.2) is 0 Å². The quantitative estimate of drug-likeness (QED) is 0.423. The molecule has 0 aliphatic heterocycles. The molecule has 0 heterocycles. The van der Waals surface area contributed by atoms with E-state index in [2.05, 4.69) is 9.50 Å². The van der Waals surface area contributed by atoms with Gasteiger partial charge in [-0.1, -0.05) is 0 Å². The number of carbonyl (C=O) groups excluding carboxylic acids is 1. The second-order valence-corrected chi connectivity index (χ2v) is 7.26. The van der Waals surface area contributed by atoms with Crippen LogP contribution in [0.3, 0.4) is 0 Å². The van der Waals surface area contributed by atoms with E-state index in [1.165, 1.54) is 6.92 Å². The molecular formula is C16H12F6N2O4S. The topological polar surface area (TPSA) is 98.5 Å². The molecule has 0 radical (unpaired) electrons. The van der Waals surface area contributed by atoms with Gasteiger partial charge in [0.1, 0.15) is 10.6 Å². The number of carbonyl (C=O) groups is 1. The fourth-order valence-corrected chi connectivity index (χ4v) is 3.10. The summed E-state index contributed by atoms with van der Waals surface area (Å²) < 4.78 is 106. The number of benzene rings is 2. The zero-order chi connectivity index (χ0) is 22.2. The average molecular weight is 442 g/mol. The molecule has 0 saturated heterocycles. The maximum atomic E-state index is 12.9. The van der Waals surface area contributed by atoms with Crippen molar-refractivity contribution in [1.82, 2.24) is 0 Å². The normalized spacial score (nSPS) is 12.5. The second kappa shape index (κ2) is 7.46. The lowest BCUT2D eigenvalue weighted by Crippen LogP contribution is -2.15. The van der Waals surface area contributed by atoms with Crippen LogP contribution in [0.25, 0.3) is 0 Å². The number of nitrogen functional groups attached to an aromatic ring is 1. The number of halogens is 6. The molecule has 2 aromatic rings. The lowest BCUT2D eigenvalue weighted by molar-refractivity contribution is -0.143. The molecule has 13 heteroatoms. The first-order chi connectivity index (χ1) is 13.1. The first-order valence-corrected chi connectivity index (χ1v) is 8.91. The minimum Gasteiger partial charge on any atom is -0.397 e. The van der Waals surface area contributed by atoms with E-state index in [4.69, 9.17) is 5.73 Å². The van der Waals surface area contributed by atoms with Gasteiger partial charge in [-0.05, 0) is 36.4 Å². The van der Waals surface area contributed by atoms with Gasteiger partial charge in [-0.3, -0.25) is 4.79 Å². The van der Waals surface area contributed by atoms with Crippen LogP contribution >= 0.6 is 0 Å². The molecular weight excluding hydrogens is 430 g/mol. The van der Waals surface area contributed by atoms with Gasteiger partial charge in [0.05, 0.1) is 22.5 Å². The Morgan fingerprint density at radius 3 is 1.90 bits per heavy atom. The molecule has 0 spiro atoms. The molecule has 2 aromatic carbocycles. The highest BCUT2D eigenvalue weighted by Crippen LogP contribution is 2.39. The van der Waals surface area contributed by atoms with E-state index in [0.717, 1.165) is 18.2 Å². The highest BCUT2D eigenvalue weighted by atomic mass is 32.2. The molecule has 29 heavy (non-hydrogen) atoms. The van der Waals surface area contributed by atoms with Crippen molar-refractivity contribution in [3.8, 4) is 5.75 Å². The summed E-state index contributed by atoms with van der Waals surface area (Å²) in [6.07, 6.45) is -10.3. The van der Waals surface area contributed by atoms with Crippen LogP contribution in [0.2, 0.25) is 0 Å². The van der Waals surface area contributed by atoms with Crippen LogP contribution in [0.5, 0.6) is 5.75 Å². The van der Waals surface area contributed by atoms with Crippen LogP contribution in [0.4, 0.5) is 37.7 Å². The lowest BCUT2D eigenvalue weighted by Gasteiger charge is -2.15. The van der Waals surface area contributed by atoms with Crippen LogP contribution in [0, 0.1) is 0 Å². The van der Waals surface area contributed by atoms with Crippen molar-refractivity contribution in [2.24, 2.45) is 0 Å². The SMILES string of the molecule is CC(=O)Nc1ccc(S(=O)(=O)Oc2cc(C(F)(F)F)cc(C(F)(F)F)c2)cc1N. The number of nitrogens with one attached hydrogen (secondary N) is 1. The van der Waals surface area contributed by atoms with Gasteiger partial charge in [0.2, 0.25) is 5.91 Å². The first-order valence-electron chi connectivity index (χ1n) is 7.51. The largest absolute Gasteiger partial charge is 0.416 e. The molecule has 0 unspecified atom stereocenters. The summed E-state index contributed by atoms with van der Waals surface area (Å²) in [7, 11) is -4.83. The first kappa shape index (κ1) is 22.3. The summed E-state index contributed by atoms with van der Waals surface area (Å²) in [6.45, 7) is 1.17. The number of rotatable bonds is 4. The average Bonchev–Trinajstić information content (AvgIpc) is 2.54. The Morgan fingerprint density at radius 1 is 0.966 bits per heavy atom. The van der Waals surface area contributed by atoms with Crippen molar-refractivity contribution < 1.29 is 43.7 Å². The fourth-order valence-electron chi connectivity index (χ4n) is 2.15. The fraction of sp³-hybridized carbons (Fsp3) is 0.188. The second-order valence-electron chi connectivity index (χ2n) is 5.71. The Balaban J connectivity index is 2.46. The van der Waals surface area contributed by atoms with Gasteiger partial charge in [0.25, 0.3) is 0 Å². The van der Waals surface area contributed by atoms with Crippen LogP contribution in [0.15, 0.2) is 41.3 Å². The van der Waals surface area contributed by atoms with E-state index >= 15 is 0 Å². The standard InChI is InChI=1S/C16H12F6N2O4S/c1-8(25)24-14-3-2-12(7-13(14)23)29(26,27)28-11-5-9(15(17,18)19)4-10(6-11)16(20,21)22/h2-7H,23H2,1H3,(H,24,25). The summed E-state index contributed by atoms with van der Waals surface area (Å²) in [4.78, 5) is 10.4. The zero-order valence-electron chi connectivity index (χ0n) is 14.4. The van der Waals surface area contributed by atoms with E-state index in [1.807, 2.05) is 0 Å². The number of anilines is 2. The Bertz CT molecular complexity index is 1020. The smallest absolute Gasteiger partial charge is 0.397 e. The van der Waals surface area contributed by atoms with Crippen LogP contribution < -0.4 is 15.2 Å². The van der Waals surface area contributed by atoms with Gasteiger partial charge < -0.3 is 15.2 Å². The Morgan fingerprint density at radius 2 is 1.48 bits per heavy atom. The van der Waals surface area contributed by atoms with E-state index < -0.39 is 50.1 Å².